The van der Waals surface area contributed by atoms with Gasteiger partial charge in [0.1, 0.15) is 0 Å². The first-order valence-electron chi connectivity index (χ1n) is 9.69. The Kier molecular flexibility index (Phi) is 5.44. The first-order chi connectivity index (χ1) is 14.7. The molecule has 2 aromatic heterocycles. The quantitative estimate of drug-likeness (QED) is 0.461. The van der Waals surface area contributed by atoms with E-state index in [1.807, 2.05) is 54.6 Å². The van der Waals surface area contributed by atoms with Crippen molar-refractivity contribution in [1.29, 1.82) is 0 Å². The van der Waals surface area contributed by atoms with Gasteiger partial charge in [-0.2, -0.15) is 14.3 Å². The summed E-state index contributed by atoms with van der Waals surface area (Å²) in [4.78, 5) is 13.8. The normalized spacial score (nSPS) is 14.9. The zero-order valence-electron chi connectivity index (χ0n) is 16.1. The first-order valence-corrected chi connectivity index (χ1v) is 10.8. The average Bonchev–Trinajstić information content (AvgIpc) is 3.46. The number of aromatic nitrogens is 4. The van der Waals surface area contributed by atoms with Gasteiger partial charge in [-0.3, -0.25) is 4.90 Å². The molecule has 0 N–H and O–H groups in total. The summed E-state index contributed by atoms with van der Waals surface area (Å²) < 4.78 is 9.97. The molecular formula is C21H19ClN6OS. The van der Waals surface area contributed by atoms with Crippen molar-refractivity contribution < 1.29 is 4.52 Å². The minimum atomic E-state index is 0.586. The summed E-state index contributed by atoms with van der Waals surface area (Å²) in [6.07, 6.45) is 0. The minimum Gasteiger partial charge on any atom is -0.344 e. The SMILES string of the molecule is Clc1ccc(-c2noc(CN3CCN(c4nc(-c5ccccc5)ns4)CC3)n2)cc1. The fourth-order valence-corrected chi connectivity index (χ4v) is 4.24. The predicted octanol–water partition coefficient (Wildman–Crippen LogP) is 4.23. The van der Waals surface area contributed by atoms with Gasteiger partial charge in [0.15, 0.2) is 5.82 Å². The fraction of sp³-hybridized carbons (Fsp3) is 0.238. The number of halogens is 1. The molecule has 3 heterocycles. The molecule has 2 aromatic carbocycles. The van der Waals surface area contributed by atoms with Gasteiger partial charge in [0, 0.05) is 53.9 Å². The van der Waals surface area contributed by atoms with Crippen molar-refractivity contribution in [2.45, 2.75) is 6.54 Å². The van der Waals surface area contributed by atoms with Crippen molar-refractivity contribution in [1.82, 2.24) is 24.4 Å². The molecule has 1 aliphatic rings. The second-order valence-corrected chi connectivity index (χ2v) is 8.22. The molecule has 0 bridgehead atoms. The van der Waals surface area contributed by atoms with Gasteiger partial charge < -0.3 is 9.42 Å². The molecule has 152 valence electrons. The molecule has 1 fully saturated rings. The van der Waals surface area contributed by atoms with E-state index < -0.39 is 0 Å². The van der Waals surface area contributed by atoms with Crippen LogP contribution in [0.15, 0.2) is 59.1 Å². The average molecular weight is 439 g/mol. The van der Waals surface area contributed by atoms with E-state index in [0.29, 0.717) is 23.3 Å². The summed E-state index contributed by atoms with van der Waals surface area (Å²) in [6, 6.07) is 17.5. The third kappa shape index (κ3) is 4.21. The highest BCUT2D eigenvalue weighted by Crippen LogP contribution is 2.25. The lowest BCUT2D eigenvalue weighted by molar-refractivity contribution is 0.215. The van der Waals surface area contributed by atoms with Crippen LogP contribution in [0.3, 0.4) is 0 Å². The highest BCUT2D eigenvalue weighted by Gasteiger charge is 2.22. The van der Waals surface area contributed by atoms with Crippen LogP contribution in [0.4, 0.5) is 5.13 Å². The number of benzene rings is 2. The van der Waals surface area contributed by atoms with Gasteiger partial charge in [0.05, 0.1) is 6.54 Å². The summed E-state index contributed by atoms with van der Waals surface area (Å²) in [5, 5.41) is 5.75. The van der Waals surface area contributed by atoms with Gasteiger partial charge in [-0.1, -0.05) is 47.1 Å². The lowest BCUT2D eigenvalue weighted by Gasteiger charge is -2.33. The van der Waals surface area contributed by atoms with Crippen molar-refractivity contribution in [3.05, 3.63) is 65.5 Å². The molecule has 5 rings (SSSR count). The van der Waals surface area contributed by atoms with Crippen molar-refractivity contribution in [3.63, 3.8) is 0 Å². The van der Waals surface area contributed by atoms with Crippen LogP contribution < -0.4 is 4.90 Å². The lowest BCUT2D eigenvalue weighted by atomic mass is 10.2. The highest BCUT2D eigenvalue weighted by atomic mass is 35.5. The van der Waals surface area contributed by atoms with Gasteiger partial charge >= 0.3 is 0 Å². The summed E-state index contributed by atoms with van der Waals surface area (Å²) in [5.74, 6) is 2.00. The number of hydrogen-bond acceptors (Lipinski definition) is 8. The van der Waals surface area contributed by atoms with Crippen LogP contribution in [0.5, 0.6) is 0 Å². The van der Waals surface area contributed by atoms with Gasteiger partial charge in [-0.05, 0) is 24.3 Å². The highest BCUT2D eigenvalue weighted by molar-refractivity contribution is 7.09. The summed E-state index contributed by atoms with van der Waals surface area (Å²) in [5.41, 5.74) is 1.94. The van der Waals surface area contributed by atoms with E-state index in [4.69, 9.17) is 21.1 Å². The van der Waals surface area contributed by atoms with E-state index in [-0.39, 0.29) is 0 Å². The Hall–Kier alpha value is -2.81. The monoisotopic (exact) mass is 438 g/mol. The summed E-state index contributed by atoms with van der Waals surface area (Å²) in [7, 11) is 0. The molecule has 30 heavy (non-hydrogen) atoms. The first kappa shape index (κ1) is 19.2. The zero-order valence-corrected chi connectivity index (χ0v) is 17.7. The van der Waals surface area contributed by atoms with Gasteiger partial charge in [0.25, 0.3) is 0 Å². The van der Waals surface area contributed by atoms with Crippen molar-refractivity contribution in [3.8, 4) is 22.8 Å². The predicted molar refractivity (Wildman–Crippen MR) is 118 cm³/mol. The topological polar surface area (TPSA) is 71.2 Å². The van der Waals surface area contributed by atoms with E-state index >= 15 is 0 Å². The van der Waals surface area contributed by atoms with Crippen LogP contribution >= 0.6 is 23.1 Å². The second-order valence-electron chi connectivity index (χ2n) is 7.05. The maximum absolute atomic E-state index is 5.94. The van der Waals surface area contributed by atoms with Crippen LogP contribution in [0.2, 0.25) is 5.02 Å². The Morgan fingerprint density at radius 2 is 1.60 bits per heavy atom. The number of rotatable bonds is 5. The number of nitrogens with zero attached hydrogens (tertiary/aromatic N) is 6. The van der Waals surface area contributed by atoms with Gasteiger partial charge in [-0.15, -0.1) is 0 Å². The Labute approximate surface area is 183 Å². The molecule has 1 saturated heterocycles. The van der Waals surface area contributed by atoms with Crippen molar-refractivity contribution >= 4 is 28.3 Å². The Bertz CT molecular complexity index is 1110. The lowest BCUT2D eigenvalue weighted by Crippen LogP contribution is -2.46. The molecule has 9 heteroatoms. The summed E-state index contributed by atoms with van der Waals surface area (Å²) in [6.45, 7) is 4.22. The zero-order chi connectivity index (χ0) is 20.3. The molecule has 0 spiro atoms. The van der Waals surface area contributed by atoms with Crippen LogP contribution in [-0.2, 0) is 6.54 Å². The van der Waals surface area contributed by atoms with Crippen molar-refractivity contribution in [2.24, 2.45) is 0 Å². The standard InChI is InChI=1S/C21H19ClN6OS/c22-17-8-6-16(7-9-17)19-23-18(29-25-19)14-27-10-12-28(13-11-27)21-24-20(26-30-21)15-4-2-1-3-5-15/h1-9H,10-14H2. The van der Waals surface area contributed by atoms with Crippen LogP contribution in [0.25, 0.3) is 22.8 Å². The maximum atomic E-state index is 5.94. The molecular weight excluding hydrogens is 420 g/mol. The number of hydrogen-bond donors (Lipinski definition) is 0. The fourth-order valence-electron chi connectivity index (χ4n) is 3.37. The van der Waals surface area contributed by atoms with E-state index in [1.54, 1.807) is 0 Å². The van der Waals surface area contributed by atoms with Crippen LogP contribution in [0.1, 0.15) is 5.89 Å². The van der Waals surface area contributed by atoms with Crippen molar-refractivity contribution in [2.75, 3.05) is 31.1 Å². The molecule has 0 atom stereocenters. The van der Waals surface area contributed by atoms with E-state index in [2.05, 4.69) is 24.3 Å². The molecule has 1 aliphatic heterocycles. The van der Waals surface area contributed by atoms with E-state index in [0.717, 1.165) is 48.3 Å². The Morgan fingerprint density at radius 3 is 2.37 bits per heavy atom. The number of piperazine rings is 1. The molecule has 0 aliphatic carbocycles. The molecule has 0 unspecified atom stereocenters. The molecule has 7 nitrogen and oxygen atoms in total. The number of anilines is 1. The minimum absolute atomic E-state index is 0.586. The van der Waals surface area contributed by atoms with E-state index in [1.165, 1.54) is 11.5 Å². The van der Waals surface area contributed by atoms with Crippen LogP contribution in [-0.4, -0.2) is 50.6 Å². The molecule has 0 saturated carbocycles. The third-order valence-corrected chi connectivity index (χ3v) is 6.05. The summed E-state index contributed by atoms with van der Waals surface area (Å²) >= 11 is 7.39. The molecule has 0 radical (unpaired) electrons. The third-order valence-electron chi connectivity index (χ3n) is 5.02. The van der Waals surface area contributed by atoms with Crippen LogP contribution in [0, 0.1) is 0 Å². The molecule has 4 aromatic rings. The van der Waals surface area contributed by atoms with Gasteiger partial charge in [-0.25, -0.2) is 0 Å². The second kappa shape index (κ2) is 8.51. The Balaban J connectivity index is 1.18. The van der Waals surface area contributed by atoms with Gasteiger partial charge in [0.2, 0.25) is 16.8 Å². The molecule has 0 amide bonds. The smallest absolute Gasteiger partial charge is 0.241 e. The maximum Gasteiger partial charge on any atom is 0.241 e. The largest absolute Gasteiger partial charge is 0.344 e. The van der Waals surface area contributed by atoms with E-state index in [9.17, 15) is 0 Å². The Morgan fingerprint density at radius 1 is 0.867 bits per heavy atom.